The molecule has 2 rings (SSSR count). The van der Waals surface area contributed by atoms with Crippen molar-refractivity contribution >= 4 is 6.08 Å². The highest BCUT2D eigenvalue weighted by atomic mass is 15.0. The van der Waals surface area contributed by atoms with Gasteiger partial charge in [0.1, 0.15) is 0 Å². The fourth-order valence-electron chi connectivity index (χ4n) is 1.36. The second-order valence-electron chi connectivity index (χ2n) is 3.06. The van der Waals surface area contributed by atoms with Crippen molar-refractivity contribution < 1.29 is 0 Å². The predicted molar refractivity (Wildman–Crippen MR) is 58.3 cm³/mol. The van der Waals surface area contributed by atoms with Crippen LogP contribution in [0.1, 0.15) is 12.5 Å². The highest BCUT2D eigenvalue weighted by molar-refractivity contribution is 5.51. The first-order valence-electron chi connectivity index (χ1n) is 4.61. The number of nitrogens with zero attached hydrogens (tertiary/aromatic N) is 2. The van der Waals surface area contributed by atoms with Gasteiger partial charge in [0.25, 0.3) is 0 Å². The molecule has 0 atom stereocenters. The van der Waals surface area contributed by atoms with Crippen molar-refractivity contribution in [3.05, 3.63) is 54.6 Å². The highest BCUT2D eigenvalue weighted by Gasteiger charge is 1.93. The Kier molecular flexibility index (Phi) is 2.45. The third-order valence-electron chi connectivity index (χ3n) is 2.05. The summed E-state index contributed by atoms with van der Waals surface area (Å²) < 4.78 is 1.99. The van der Waals surface area contributed by atoms with Crippen LogP contribution in [0.3, 0.4) is 0 Å². The van der Waals surface area contributed by atoms with Crippen LogP contribution in [-0.2, 0) is 0 Å². The van der Waals surface area contributed by atoms with Crippen molar-refractivity contribution in [3.63, 3.8) is 0 Å². The maximum Gasteiger partial charge on any atom is 0.0991 e. The van der Waals surface area contributed by atoms with E-state index in [4.69, 9.17) is 0 Å². The summed E-state index contributed by atoms with van der Waals surface area (Å²) in [5, 5.41) is 0. The van der Waals surface area contributed by atoms with E-state index < -0.39 is 0 Å². The molecule has 0 spiro atoms. The molecule has 0 amide bonds. The molecule has 0 unspecified atom stereocenters. The number of hydrogen-bond acceptors (Lipinski definition) is 1. The number of hydrogen-bond donors (Lipinski definition) is 0. The fraction of sp³-hybridized carbons (Fsp3) is 0.0833. The molecule has 0 aliphatic carbocycles. The van der Waals surface area contributed by atoms with Gasteiger partial charge < -0.3 is 4.57 Å². The summed E-state index contributed by atoms with van der Waals surface area (Å²) in [5.74, 6) is 0. The quantitative estimate of drug-likeness (QED) is 0.701. The first-order valence-corrected chi connectivity index (χ1v) is 4.61. The zero-order chi connectivity index (χ0) is 9.80. The third kappa shape index (κ3) is 1.74. The molecule has 1 aromatic carbocycles. The van der Waals surface area contributed by atoms with E-state index in [1.807, 2.05) is 23.8 Å². The summed E-state index contributed by atoms with van der Waals surface area (Å²) in [6.07, 6.45) is 9.62. The lowest BCUT2D eigenvalue weighted by Gasteiger charge is -2.01. The van der Waals surface area contributed by atoms with Crippen LogP contribution in [0, 0.1) is 0 Å². The van der Waals surface area contributed by atoms with Crippen molar-refractivity contribution in [2.45, 2.75) is 6.92 Å². The zero-order valence-corrected chi connectivity index (χ0v) is 8.09. The molecule has 2 heteroatoms. The normalized spacial score (nSPS) is 10.9. The monoisotopic (exact) mass is 184 g/mol. The summed E-state index contributed by atoms with van der Waals surface area (Å²) in [6, 6.07) is 8.35. The molecule has 0 fully saturated rings. The van der Waals surface area contributed by atoms with Gasteiger partial charge in [-0.25, -0.2) is 4.98 Å². The van der Waals surface area contributed by atoms with Crippen LogP contribution in [0.4, 0.5) is 0 Å². The van der Waals surface area contributed by atoms with Gasteiger partial charge >= 0.3 is 0 Å². The van der Waals surface area contributed by atoms with E-state index >= 15 is 0 Å². The van der Waals surface area contributed by atoms with Crippen LogP contribution in [-0.4, -0.2) is 9.55 Å². The Morgan fingerprint density at radius 3 is 2.57 bits per heavy atom. The first kappa shape index (κ1) is 8.75. The molecule has 1 aromatic heterocycles. The Labute approximate surface area is 83.5 Å². The Balaban J connectivity index is 2.31. The number of imidazole rings is 1. The molecule has 2 nitrogen and oxygen atoms in total. The number of rotatable bonds is 2. The summed E-state index contributed by atoms with van der Waals surface area (Å²) in [6.45, 7) is 2.02. The minimum Gasteiger partial charge on any atom is -0.306 e. The molecule has 1 heterocycles. The van der Waals surface area contributed by atoms with E-state index in [9.17, 15) is 0 Å². The minimum atomic E-state index is 1.13. The van der Waals surface area contributed by atoms with Gasteiger partial charge in [0.15, 0.2) is 0 Å². The molecular weight excluding hydrogens is 172 g/mol. The topological polar surface area (TPSA) is 17.8 Å². The van der Waals surface area contributed by atoms with Gasteiger partial charge in [0.05, 0.1) is 6.33 Å². The van der Waals surface area contributed by atoms with E-state index in [2.05, 4.69) is 35.3 Å². The van der Waals surface area contributed by atoms with Crippen molar-refractivity contribution in [2.24, 2.45) is 0 Å². The Morgan fingerprint density at radius 2 is 2.00 bits per heavy atom. The van der Waals surface area contributed by atoms with Gasteiger partial charge in [-0.05, 0) is 24.6 Å². The summed E-state index contributed by atoms with van der Waals surface area (Å²) in [4.78, 5) is 4.01. The average molecular weight is 184 g/mol. The van der Waals surface area contributed by atoms with Gasteiger partial charge in [0, 0.05) is 18.1 Å². The zero-order valence-electron chi connectivity index (χ0n) is 8.09. The molecule has 14 heavy (non-hydrogen) atoms. The largest absolute Gasteiger partial charge is 0.306 e. The maximum atomic E-state index is 4.01. The fourth-order valence-corrected chi connectivity index (χ4v) is 1.36. The predicted octanol–water partition coefficient (Wildman–Crippen LogP) is 2.91. The molecule has 0 N–H and O–H groups in total. The summed E-state index contributed by atoms with van der Waals surface area (Å²) in [7, 11) is 0. The lowest BCUT2D eigenvalue weighted by Crippen LogP contribution is -1.88. The lowest BCUT2D eigenvalue weighted by atomic mass is 10.2. The third-order valence-corrected chi connectivity index (χ3v) is 2.05. The maximum absolute atomic E-state index is 4.01. The van der Waals surface area contributed by atoms with Crippen LogP contribution < -0.4 is 0 Å². The molecule has 2 aromatic rings. The number of allylic oxidation sites excluding steroid dienone is 1. The van der Waals surface area contributed by atoms with Crippen LogP contribution in [0.15, 0.2) is 49.1 Å². The molecule has 0 bridgehead atoms. The molecular formula is C12H12N2. The second kappa shape index (κ2) is 3.92. The van der Waals surface area contributed by atoms with E-state index in [0.29, 0.717) is 0 Å². The van der Waals surface area contributed by atoms with Gasteiger partial charge in [0.2, 0.25) is 0 Å². The van der Waals surface area contributed by atoms with Crippen molar-refractivity contribution in [2.75, 3.05) is 0 Å². The smallest absolute Gasteiger partial charge is 0.0991 e. The van der Waals surface area contributed by atoms with Crippen molar-refractivity contribution in [1.82, 2.24) is 9.55 Å². The Morgan fingerprint density at radius 1 is 1.21 bits per heavy atom. The number of aromatic nitrogens is 2. The Bertz CT molecular complexity index is 410. The Hall–Kier alpha value is -1.83. The molecule has 0 radical (unpaired) electrons. The second-order valence-corrected chi connectivity index (χ2v) is 3.06. The van der Waals surface area contributed by atoms with Crippen LogP contribution >= 0.6 is 0 Å². The highest BCUT2D eigenvalue weighted by Crippen LogP contribution is 2.10. The van der Waals surface area contributed by atoms with Crippen molar-refractivity contribution in [1.29, 1.82) is 0 Å². The van der Waals surface area contributed by atoms with Gasteiger partial charge in [-0.1, -0.05) is 24.3 Å². The molecule has 0 saturated carbocycles. The van der Waals surface area contributed by atoms with E-state index in [0.717, 1.165) is 5.69 Å². The van der Waals surface area contributed by atoms with Gasteiger partial charge in [-0.3, -0.25) is 0 Å². The van der Waals surface area contributed by atoms with Gasteiger partial charge in [-0.2, -0.15) is 0 Å². The number of benzene rings is 1. The van der Waals surface area contributed by atoms with E-state index in [-0.39, 0.29) is 0 Å². The van der Waals surface area contributed by atoms with E-state index in [1.54, 1.807) is 12.5 Å². The van der Waals surface area contributed by atoms with Gasteiger partial charge in [-0.15, -0.1) is 0 Å². The van der Waals surface area contributed by atoms with E-state index in [1.165, 1.54) is 5.56 Å². The molecule has 0 aliphatic rings. The molecule has 0 saturated heterocycles. The average Bonchev–Trinajstić information content (AvgIpc) is 2.72. The van der Waals surface area contributed by atoms with Crippen LogP contribution in [0.5, 0.6) is 0 Å². The molecule has 0 aliphatic heterocycles. The summed E-state index contributed by atoms with van der Waals surface area (Å²) >= 11 is 0. The van der Waals surface area contributed by atoms with Crippen LogP contribution in [0.25, 0.3) is 11.8 Å². The lowest BCUT2D eigenvalue weighted by molar-refractivity contribution is 1.06. The SMILES string of the molecule is C/C=C/c1ccc(-n2ccnc2)cc1. The summed E-state index contributed by atoms with van der Waals surface area (Å²) in [5.41, 5.74) is 2.35. The first-order chi connectivity index (χ1) is 6.90. The standard InChI is InChI=1S/C12H12N2/c1-2-3-11-4-6-12(7-5-11)14-9-8-13-10-14/h2-10H,1H3/b3-2+. The molecule has 70 valence electrons. The van der Waals surface area contributed by atoms with Crippen molar-refractivity contribution in [3.8, 4) is 5.69 Å². The van der Waals surface area contributed by atoms with Crippen LogP contribution in [0.2, 0.25) is 0 Å². The minimum absolute atomic E-state index is 1.13.